The van der Waals surface area contributed by atoms with Gasteiger partial charge in [-0.3, -0.25) is 5.10 Å². The molecule has 3 nitrogen and oxygen atoms in total. The van der Waals surface area contributed by atoms with Gasteiger partial charge >= 0.3 is 0 Å². The van der Waals surface area contributed by atoms with Gasteiger partial charge in [0, 0.05) is 12.5 Å². The van der Waals surface area contributed by atoms with Gasteiger partial charge in [-0.15, -0.1) is 0 Å². The summed E-state index contributed by atoms with van der Waals surface area (Å²) in [6.07, 6.45) is 6.55. The normalized spacial score (nSPS) is 27.9. The summed E-state index contributed by atoms with van der Waals surface area (Å²) in [5.41, 5.74) is 2.43. The van der Waals surface area contributed by atoms with E-state index in [1.165, 1.54) is 37.1 Å². The van der Waals surface area contributed by atoms with Crippen molar-refractivity contribution in [2.24, 2.45) is 0 Å². The van der Waals surface area contributed by atoms with Crippen molar-refractivity contribution in [3.63, 3.8) is 0 Å². The van der Waals surface area contributed by atoms with Crippen LogP contribution in [0.15, 0.2) is 6.07 Å². The first kappa shape index (κ1) is 8.48. The van der Waals surface area contributed by atoms with Gasteiger partial charge in [-0.2, -0.15) is 5.10 Å². The van der Waals surface area contributed by atoms with E-state index in [-0.39, 0.29) is 6.10 Å². The van der Waals surface area contributed by atoms with E-state index in [0.717, 1.165) is 18.9 Å². The Bertz CT molecular complexity index is 311. The first-order valence-electron chi connectivity index (χ1n) is 5.60. The van der Waals surface area contributed by atoms with Crippen LogP contribution in [-0.4, -0.2) is 16.8 Å². The molecule has 3 heteroatoms. The van der Waals surface area contributed by atoms with Gasteiger partial charge in [0.15, 0.2) is 0 Å². The van der Waals surface area contributed by atoms with Crippen LogP contribution in [-0.2, 0) is 4.74 Å². The highest BCUT2D eigenvalue weighted by atomic mass is 16.5. The highest BCUT2D eigenvalue weighted by molar-refractivity contribution is 5.19. The van der Waals surface area contributed by atoms with Crippen LogP contribution in [0.5, 0.6) is 0 Å². The molecule has 0 amide bonds. The molecule has 1 unspecified atom stereocenters. The van der Waals surface area contributed by atoms with Crippen LogP contribution in [0, 0.1) is 0 Å². The van der Waals surface area contributed by atoms with Crippen LogP contribution in [0.2, 0.25) is 0 Å². The summed E-state index contributed by atoms with van der Waals surface area (Å²) >= 11 is 0. The molecule has 2 heterocycles. The first-order chi connectivity index (χ1) is 6.93. The van der Waals surface area contributed by atoms with E-state index >= 15 is 0 Å². The molecule has 0 aromatic carbocycles. The Labute approximate surface area is 83.9 Å². The van der Waals surface area contributed by atoms with Crippen LogP contribution in [0.25, 0.3) is 0 Å². The summed E-state index contributed by atoms with van der Waals surface area (Å²) < 4.78 is 5.71. The van der Waals surface area contributed by atoms with Gasteiger partial charge in [0.2, 0.25) is 0 Å². The fourth-order valence-electron chi connectivity index (χ4n) is 2.09. The number of hydrogen-bond donors (Lipinski definition) is 1. The second-order valence-electron chi connectivity index (χ2n) is 4.38. The fourth-order valence-corrected chi connectivity index (χ4v) is 2.09. The van der Waals surface area contributed by atoms with E-state index in [1.54, 1.807) is 0 Å². The Morgan fingerprint density at radius 2 is 2.21 bits per heavy atom. The molecule has 1 saturated heterocycles. The summed E-state index contributed by atoms with van der Waals surface area (Å²) in [5.74, 6) is 0.739. The Morgan fingerprint density at radius 1 is 1.29 bits per heavy atom. The summed E-state index contributed by atoms with van der Waals surface area (Å²) in [6, 6.07) is 2.20. The lowest BCUT2D eigenvalue weighted by atomic mass is 10.1. The van der Waals surface area contributed by atoms with Crippen molar-refractivity contribution in [1.82, 2.24) is 10.2 Å². The van der Waals surface area contributed by atoms with Crippen molar-refractivity contribution in [3.8, 4) is 0 Å². The van der Waals surface area contributed by atoms with Crippen LogP contribution in [0.4, 0.5) is 0 Å². The summed E-state index contributed by atoms with van der Waals surface area (Å²) in [7, 11) is 0. The minimum absolute atomic E-state index is 0.281. The zero-order valence-corrected chi connectivity index (χ0v) is 8.33. The van der Waals surface area contributed by atoms with Gasteiger partial charge < -0.3 is 4.74 Å². The second kappa shape index (κ2) is 3.39. The lowest BCUT2D eigenvalue weighted by Gasteiger charge is -2.20. The van der Waals surface area contributed by atoms with E-state index in [4.69, 9.17) is 4.74 Å². The zero-order chi connectivity index (χ0) is 9.38. The highest BCUT2D eigenvalue weighted by Gasteiger charge is 2.27. The number of hydrogen-bond acceptors (Lipinski definition) is 2. The zero-order valence-electron chi connectivity index (χ0n) is 8.33. The number of aromatic nitrogens is 2. The first-order valence-corrected chi connectivity index (χ1v) is 5.60. The molecule has 1 N–H and O–H groups in total. The van der Waals surface area contributed by atoms with E-state index in [2.05, 4.69) is 16.3 Å². The molecular weight excluding hydrogens is 176 g/mol. The maximum atomic E-state index is 5.71. The molecule has 14 heavy (non-hydrogen) atoms. The predicted molar refractivity (Wildman–Crippen MR) is 53.1 cm³/mol. The predicted octanol–water partition coefficient (Wildman–Crippen LogP) is 2.53. The fraction of sp³-hybridized carbons (Fsp3) is 0.727. The summed E-state index contributed by atoms with van der Waals surface area (Å²) in [6.45, 7) is 0.905. The van der Waals surface area contributed by atoms with Gasteiger partial charge in [-0.25, -0.2) is 0 Å². The number of nitrogens with one attached hydrogen (secondary N) is 1. The molecule has 1 aromatic heterocycles. The monoisotopic (exact) mass is 192 g/mol. The van der Waals surface area contributed by atoms with Crippen molar-refractivity contribution >= 4 is 0 Å². The average molecular weight is 192 g/mol. The molecule has 3 rings (SSSR count). The molecule has 0 bridgehead atoms. The minimum Gasteiger partial charge on any atom is -0.372 e. The summed E-state index contributed by atoms with van der Waals surface area (Å²) in [4.78, 5) is 0. The van der Waals surface area contributed by atoms with Crippen molar-refractivity contribution in [2.45, 2.75) is 44.1 Å². The maximum Gasteiger partial charge on any atom is 0.0988 e. The number of nitrogens with zero attached hydrogens (tertiary/aromatic N) is 1. The standard InChI is InChI=1S/C11H16N2O/c1-2-6-14-11(3-1)10-7-9(12-13-10)8-4-5-8/h7-8,11H,1-6H2,(H,12,13). The van der Waals surface area contributed by atoms with Gasteiger partial charge in [0.25, 0.3) is 0 Å². The quantitative estimate of drug-likeness (QED) is 0.781. The second-order valence-corrected chi connectivity index (χ2v) is 4.38. The SMILES string of the molecule is c1c(C2CC2)n[nH]c1C1CCCCO1. The lowest BCUT2D eigenvalue weighted by Crippen LogP contribution is -2.11. The maximum absolute atomic E-state index is 5.71. The molecule has 0 spiro atoms. The number of H-pyrrole nitrogens is 1. The van der Waals surface area contributed by atoms with Crippen LogP contribution in [0.3, 0.4) is 0 Å². The van der Waals surface area contributed by atoms with Crippen molar-refractivity contribution < 1.29 is 4.74 Å². The largest absolute Gasteiger partial charge is 0.372 e. The molecule has 76 valence electrons. The molecular formula is C11H16N2O. The Hall–Kier alpha value is -0.830. The smallest absolute Gasteiger partial charge is 0.0988 e. The Balaban J connectivity index is 1.74. The van der Waals surface area contributed by atoms with Crippen molar-refractivity contribution in [1.29, 1.82) is 0 Å². The number of ether oxygens (including phenoxy) is 1. The lowest BCUT2D eigenvalue weighted by molar-refractivity contribution is 0.0123. The Kier molecular flexibility index (Phi) is 2.05. The Morgan fingerprint density at radius 3 is 2.93 bits per heavy atom. The molecule has 2 fully saturated rings. The van der Waals surface area contributed by atoms with E-state index in [9.17, 15) is 0 Å². The molecule has 1 aromatic rings. The van der Waals surface area contributed by atoms with Gasteiger partial charge in [-0.1, -0.05) is 0 Å². The molecule has 2 aliphatic rings. The van der Waals surface area contributed by atoms with Gasteiger partial charge in [-0.05, 0) is 38.2 Å². The van der Waals surface area contributed by atoms with E-state index < -0.39 is 0 Å². The minimum atomic E-state index is 0.281. The molecule has 1 aliphatic carbocycles. The topological polar surface area (TPSA) is 37.9 Å². The average Bonchev–Trinajstić information content (AvgIpc) is 2.98. The molecule has 1 aliphatic heterocycles. The molecule has 1 saturated carbocycles. The van der Waals surface area contributed by atoms with Crippen LogP contribution < -0.4 is 0 Å². The summed E-state index contributed by atoms with van der Waals surface area (Å²) in [5, 5.41) is 7.47. The van der Waals surface area contributed by atoms with Crippen LogP contribution in [0.1, 0.15) is 55.5 Å². The molecule has 0 radical (unpaired) electrons. The van der Waals surface area contributed by atoms with E-state index in [1.807, 2.05) is 0 Å². The number of rotatable bonds is 2. The number of aromatic amines is 1. The highest BCUT2D eigenvalue weighted by Crippen LogP contribution is 2.40. The third-order valence-electron chi connectivity index (χ3n) is 3.14. The third kappa shape index (κ3) is 1.57. The van der Waals surface area contributed by atoms with Crippen LogP contribution >= 0.6 is 0 Å². The van der Waals surface area contributed by atoms with Gasteiger partial charge in [0.05, 0.1) is 17.5 Å². The third-order valence-corrected chi connectivity index (χ3v) is 3.14. The van der Waals surface area contributed by atoms with Crippen molar-refractivity contribution in [3.05, 3.63) is 17.5 Å². The van der Waals surface area contributed by atoms with Gasteiger partial charge in [0.1, 0.15) is 0 Å². The molecule has 1 atom stereocenters. The van der Waals surface area contributed by atoms with E-state index in [0.29, 0.717) is 0 Å². The van der Waals surface area contributed by atoms with Crippen molar-refractivity contribution in [2.75, 3.05) is 6.61 Å².